The Bertz CT molecular complexity index is 925. The summed E-state index contributed by atoms with van der Waals surface area (Å²) in [4.78, 5) is 4.75. The molecule has 35 heavy (non-hydrogen) atoms. The van der Waals surface area contributed by atoms with Gasteiger partial charge in [-0.25, -0.2) is 4.39 Å². The topological polar surface area (TPSA) is 6.48 Å². The molecule has 2 aliphatic rings. The molecule has 2 aromatic carbocycles. The molecule has 0 bridgehead atoms. The molecule has 2 aliphatic heterocycles. The van der Waals surface area contributed by atoms with Gasteiger partial charge >= 0.3 is 0 Å². The Labute approximate surface area is 213 Å². The SMILES string of the molecule is C=C(c1ccc(-c2ccc(CCC3CCN(CC(C)(C)F)CC3)cc2)cc1)N1CCC(CC)CC1. The minimum atomic E-state index is -1.09. The molecule has 0 saturated carbocycles. The maximum absolute atomic E-state index is 13.9. The van der Waals surface area contributed by atoms with Crippen molar-refractivity contribution in [3.63, 3.8) is 0 Å². The highest BCUT2D eigenvalue weighted by Crippen LogP contribution is 2.29. The van der Waals surface area contributed by atoms with E-state index in [0.29, 0.717) is 6.54 Å². The summed E-state index contributed by atoms with van der Waals surface area (Å²) in [5.41, 5.74) is 5.27. The second-order valence-electron chi connectivity index (χ2n) is 11.5. The van der Waals surface area contributed by atoms with Gasteiger partial charge in [0.1, 0.15) is 5.67 Å². The zero-order valence-corrected chi connectivity index (χ0v) is 22.2. The van der Waals surface area contributed by atoms with Crippen molar-refractivity contribution < 1.29 is 4.39 Å². The Balaban J connectivity index is 1.25. The summed E-state index contributed by atoms with van der Waals surface area (Å²) in [7, 11) is 0. The fraction of sp³-hybridized carbons (Fsp3) is 0.562. The van der Waals surface area contributed by atoms with Crippen LogP contribution >= 0.6 is 0 Å². The third-order valence-corrected chi connectivity index (χ3v) is 8.23. The molecule has 4 rings (SSSR count). The van der Waals surface area contributed by atoms with Crippen LogP contribution in [0.2, 0.25) is 0 Å². The van der Waals surface area contributed by atoms with Gasteiger partial charge in [-0.2, -0.15) is 0 Å². The maximum Gasteiger partial charge on any atom is 0.118 e. The lowest BCUT2D eigenvalue weighted by Crippen LogP contribution is -2.41. The molecule has 0 radical (unpaired) electrons. The summed E-state index contributed by atoms with van der Waals surface area (Å²) in [5, 5.41) is 0. The first-order valence-electron chi connectivity index (χ1n) is 13.9. The van der Waals surface area contributed by atoms with E-state index in [2.05, 4.69) is 71.8 Å². The molecule has 3 heteroatoms. The largest absolute Gasteiger partial charge is 0.372 e. The molecule has 2 saturated heterocycles. The number of halogens is 1. The van der Waals surface area contributed by atoms with Crippen LogP contribution in [0.5, 0.6) is 0 Å². The zero-order chi connectivity index (χ0) is 24.8. The van der Waals surface area contributed by atoms with E-state index in [0.717, 1.165) is 44.4 Å². The summed E-state index contributed by atoms with van der Waals surface area (Å²) in [6, 6.07) is 18.0. The van der Waals surface area contributed by atoms with E-state index in [1.807, 2.05) is 0 Å². The predicted octanol–water partition coefficient (Wildman–Crippen LogP) is 7.84. The second-order valence-corrected chi connectivity index (χ2v) is 11.5. The van der Waals surface area contributed by atoms with Crippen LogP contribution < -0.4 is 0 Å². The number of hydrogen-bond acceptors (Lipinski definition) is 2. The molecule has 0 aliphatic carbocycles. The van der Waals surface area contributed by atoms with E-state index in [9.17, 15) is 4.39 Å². The first-order valence-corrected chi connectivity index (χ1v) is 13.9. The Hall–Kier alpha value is -2.13. The number of likely N-dealkylation sites (tertiary alicyclic amines) is 2. The summed E-state index contributed by atoms with van der Waals surface area (Å²) in [5.74, 6) is 1.65. The molecule has 0 unspecified atom stereocenters. The van der Waals surface area contributed by atoms with Gasteiger partial charge in [0, 0.05) is 25.3 Å². The molecule has 2 fully saturated rings. The molecule has 0 amide bonds. The Morgan fingerprint density at radius 3 is 1.94 bits per heavy atom. The monoisotopic (exact) mass is 476 g/mol. The second kappa shape index (κ2) is 11.7. The number of hydrogen-bond donors (Lipinski definition) is 0. The molecule has 2 nitrogen and oxygen atoms in total. The van der Waals surface area contributed by atoms with Crippen LogP contribution in [0.25, 0.3) is 16.8 Å². The van der Waals surface area contributed by atoms with Gasteiger partial charge in [-0.1, -0.05) is 68.5 Å². The van der Waals surface area contributed by atoms with Crippen LogP contribution in [0.1, 0.15) is 70.4 Å². The molecule has 2 aromatic rings. The van der Waals surface area contributed by atoms with E-state index in [4.69, 9.17) is 0 Å². The Kier molecular flexibility index (Phi) is 8.70. The third-order valence-electron chi connectivity index (χ3n) is 8.23. The maximum atomic E-state index is 13.9. The molecule has 2 heterocycles. The van der Waals surface area contributed by atoms with Crippen molar-refractivity contribution >= 4 is 5.70 Å². The van der Waals surface area contributed by atoms with E-state index in [-0.39, 0.29) is 0 Å². The van der Waals surface area contributed by atoms with E-state index in [1.165, 1.54) is 66.5 Å². The molecule has 0 atom stereocenters. The van der Waals surface area contributed by atoms with Gasteiger partial charge in [0.05, 0.1) is 0 Å². The van der Waals surface area contributed by atoms with Gasteiger partial charge < -0.3 is 9.80 Å². The Morgan fingerprint density at radius 1 is 0.857 bits per heavy atom. The first-order chi connectivity index (χ1) is 16.8. The van der Waals surface area contributed by atoms with Crippen LogP contribution in [-0.2, 0) is 6.42 Å². The fourth-order valence-corrected chi connectivity index (χ4v) is 5.85. The lowest BCUT2D eigenvalue weighted by atomic mass is 9.90. The summed E-state index contributed by atoms with van der Waals surface area (Å²) >= 11 is 0. The van der Waals surface area contributed by atoms with Crippen molar-refractivity contribution in [2.24, 2.45) is 11.8 Å². The van der Waals surface area contributed by atoms with E-state index >= 15 is 0 Å². The molecule has 190 valence electrons. The van der Waals surface area contributed by atoms with Gasteiger partial charge in [-0.15, -0.1) is 0 Å². The van der Waals surface area contributed by atoms with Gasteiger partial charge in [0.25, 0.3) is 0 Å². The molecule has 0 N–H and O–H groups in total. The summed E-state index contributed by atoms with van der Waals surface area (Å²) in [6.45, 7) is 15.0. The molecular formula is C32H45FN2. The lowest BCUT2D eigenvalue weighted by molar-refractivity contribution is 0.0943. The van der Waals surface area contributed by atoms with Gasteiger partial charge in [0.2, 0.25) is 0 Å². The van der Waals surface area contributed by atoms with Crippen molar-refractivity contribution in [3.8, 4) is 11.1 Å². The molecular weight excluding hydrogens is 431 g/mol. The number of rotatable bonds is 9. The normalized spacial score (nSPS) is 18.7. The van der Waals surface area contributed by atoms with Gasteiger partial charge in [-0.05, 0) is 99.6 Å². The van der Waals surface area contributed by atoms with Crippen LogP contribution in [0, 0.1) is 11.8 Å². The van der Waals surface area contributed by atoms with Gasteiger partial charge in [0.15, 0.2) is 0 Å². The average Bonchev–Trinajstić information content (AvgIpc) is 2.87. The number of benzene rings is 2. The van der Waals surface area contributed by atoms with Crippen molar-refractivity contribution in [2.45, 2.75) is 71.4 Å². The minimum absolute atomic E-state index is 0.563. The predicted molar refractivity (Wildman–Crippen MR) is 148 cm³/mol. The first kappa shape index (κ1) is 25.9. The van der Waals surface area contributed by atoms with Crippen molar-refractivity contribution in [2.75, 3.05) is 32.7 Å². The number of aryl methyl sites for hydroxylation is 1. The third kappa shape index (κ3) is 7.43. The van der Waals surface area contributed by atoms with Crippen LogP contribution in [0.4, 0.5) is 4.39 Å². The smallest absolute Gasteiger partial charge is 0.118 e. The van der Waals surface area contributed by atoms with Gasteiger partial charge in [-0.3, -0.25) is 0 Å². The standard InChI is InChI=1S/C32H45FN2/c1-5-26-18-22-35(23-19-26)25(2)29-12-14-31(15-13-29)30-10-8-27(9-11-30)6-7-28-16-20-34(21-17-28)24-32(3,4)33/h8-15,26,28H,2,5-7,16-24H2,1,3-4H3. The average molecular weight is 477 g/mol. The number of alkyl halides is 1. The number of nitrogens with zero attached hydrogens (tertiary/aromatic N) is 2. The molecule has 0 aromatic heterocycles. The molecule has 0 spiro atoms. The van der Waals surface area contributed by atoms with Crippen LogP contribution in [0.15, 0.2) is 55.1 Å². The highest BCUT2D eigenvalue weighted by molar-refractivity contribution is 5.69. The van der Waals surface area contributed by atoms with E-state index in [1.54, 1.807) is 13.8 Å². The van der Waals surface area contributed by atoms with Crippen LogP contribution in [-0.4, -0.2) is 48.2 Å². The quantitative estimate of drug-likeness (QED) is 0.364. The lowest BCUT2D eigenvalue weighted by Gasteiger charge is -2.34. The van der Waals surface area contributed by atoms with Crippen molar-refractivity contribution in [3.05, 3.63) is 66.2 Å². The van der Waals surface area contributed by atoms with Crippen molar-refractivity contribution in [1.82, 2.24) is 9.80 Å². The highest BCUT2D eigenvalue weighted by Gasteiger charge is 2.25. The Morgan fingerprint density at radius 2 is 1.40 bits per heavy atom. The minimum Gasteiger partial charge on any atom is -0.372 e. The van der Waals surface area contributed by atoms with Crippen LogP contribution in [0.3, 0.4) is 0 Å². The highest BCUT2D eigenvalue weighted by atomic mass is 19.1. The zero-order valence-electron chi connectivity index (χ0n) is 22.2. The fourth-order valence-electron chi connectivity index (χ4n) is 5.85. The van der Waals surface area contributed by atoms with E-state index < -0.39 is 5.67 Å². The summed E-state index contributed by atoms with van der Waals surface area (Å²) in [6.07, 6.45) is 8.64. The van der Waals surface area contributed by atoms with Crippen molar-refractivity contribution in [1.29, 1.82) is 0 Å². The summed E-state index contributed by atoms with van der Waals surface area (Å²) < 4.78 is 13.9. The number of piperidine rings is 2.